The van der Waals surface area contributed by atoms with Crippen molar-refractivity contribution in [2.24, 2.45) is 0 Å². The second-order valence-corrected chi connectivity index (χ2v) is 4.80. The predicted molar refractivity (Wildman–Crippen MR) is 80.4 cm³/mol. The van der Waals surface area contributed by atoms with E-state index in [1.165, 1.54) is 18.2 Å². The molecule has 3 aromatic rings. The van der Waals surface area contributed by atoms with Crippen molar-refractivity contribution < 1.29 is 4.39 Å². The smallest absolute Gasteiger partial charge is 0.251 e. The van der Waals surface area contributed by atoms with E-state index >= 15 is 0 Å². The minimum absolute atomic E-state index is 0.262. The van der Waals surface area contributed by atoms with Gasteiger partial charge >= 0.3 is 0 Å². The molecule has 3 nitrogen and oxygen atoms in total. The zero-order valence-corrected chi connectivity index (χ0v) is 11.4. The molecule has 1 aromatic heterocycles. The average molecular weight is 280 g/mol. The van der Waals surface area contributed by atoms with Crippen LogP contribution in [0.4, 0.5) is 4.39 Å². The Kier molecular flexibility index (Phi) is 3.36. The highest BCUT2D eigenvalue weighted by Crippen LogP contribution is 2.23. The fourth-order valence-corrected chi connectivity index (χ4v) is 2.20. The van der Waals surface area contributed by atoms with E-state index < -0.39 is 0 Å². The molecule has 0 radical (unpaired) electrons. The maximum atomic E-state index is 13.4. The lowest BCUT2D eigenvalue weighted by Crippen LogP contribution is -2.09. The lowest BCUT2D eigenvalue weighted by atomic mass is 10.1. The maximum absolute atomic E-state index is 13.4. The summed E-state index contributed by atoms with van der Waals surface area (Å²) in [6.07, 6.45) is 0. The Morgan fingerprint density at radius 1 is 1.05 bits per heavy atom. The highest BCUT2D eigenvalue weighted by atomic mass is 19.1. The van der Waals surface area contributed by atoms with Crippen molar-refractivity contribution in [3.05, 3.63) is 76.3 Å². The van der Waals surface area contributed by atoms with Crippen molar-refractivity contribution in [2.75, 3.05) is 0 Å². The monoisotopic (exact) mass is 280 g/mol. The largest absolute Gasteiger partial charge is 0.306 e. The molecule has 3 rings (SSSR count). The molecule has 2 aromatic carbocycles. The third kappa shape index (κ3) is 2.74. The number of H-pyrrole nitrogens is 1. The first kappa shape index (κ1) is 13.2. The number of benzene rings is 2. The average Bonchev–Trinajstić information content (AvgIpc) is 2.50. The van der Waals surface area contributed by atoms with Crippen molar-refractivity contribution in [1.29, 1.82) is 0 Å². The zero-order chi connectivity index (χ0) is 14.8. The van der Waals surface area contributed by atoms with Crippen LogP contribution in [0.2, 0.25) is 0 Å². The summed E-state index contributed by atoms with van der Waals surface area (Å²) < 4.78 is 13.4. The summed E-state index contributed by atoms with van der Waals surface area (Å²) in [6, 6.07) is 15.2. The molecule has 0 aliphatic heterocycles. The molecular formula is C17H13FN2O. The SMILES string of the molecule is Cc1ccc(F)cc1-c1cc(=O)[nH]c(-c2ccccc2)n1. The van der Waals surface area contributed by atoms with Crippen LogP contribution in [0.5, 0.6) is 0 Å². The van der Waals surface area contributed by atoms with E-state index in [2.05, 4.69) is 9.97 Å². The number of aromatic amines is 1. The molecule has 21 heavy (non-hydrogen) atoms. The normalized spacial score (nSPS) is 10.6. The molecule has 0 saturated heterocycles. The van der Waals surface area contributed by atoms with Crippen molar-refractivity contribution >= 4 is 0 Å². The van der Waals surface area contributed by atoms with E-state index in [4.69, 9.17) is 0 Å². The molecule has 0 saturated carbocycles. The minimum atomic E-state index is -0.348. The Morgan fingerprint density at radius 3 is 2.57 bits per heavy atom. The van der Waals surface area contributed by atoms with Gasteiger partial charge in [0.05, 0.1) is 5.69 Å². The van der Waals surface area contributed by atoms with Gasteiger partial charge in [-0.1, -0.05) is 36.4 Å². The molecule has 0 unspecified atom stereocenters. The highest BCUT2D eigenvalue weighted by Gasteiger charge is 2.09. The van der Waals surface area contributed by atoms with Gasteiger partial charge in [-0.15, -0.1) is 0 Å². The molecule has 0 atom stereocenters. The summed E-state index contributed by atoms with van der Waals surface area (Å²) in [5.41, 5.74) is 2.51. The van der Waals surface area contributed by atoms with Crippen LogP contribution >= 0.6 is 0 Å². The molecule has 0 fully saturated rings. The molecule has 0 bridgehead atoms. The van der Waals surface area contributed by atoms with Gasteiger partial charge in [0.1, 0.15) is 11.6 Å². The van der Waals surface area contributed by atoms with Gasteiger partial charge in [0.2, 0.25) is 0 Å². The van der Waals surface area contributed by atoms with Crippen LogP contribution in [0.25, 0.3) is 22.6 Å². The van der Waals surface area contributed by atoms with Gasteiger partial charge in [0.15, 0.2) is 0 Å². The number of hydrogen-bond donors (Lipinski definition) is 1. The summed E-state index contributed by atoms with van der Waals surface area (Å²) in [5.74, 6) is 0.126. The van der Waals surface area contributed by atoms with E-state index in [0.717, 1.165) is 11.1 Å². The summed E-state index contributed by atoms with van der Waals surface area (Å²) in [7, 11) is 0. The molecule has 0 aliphatic rings. The van der Waals surface area contributed by atoms with Gasteiger partial charge in [-0.3, -0.25) is 4.79 Å². The van der Waals surface area contributed by atoms with Gasteiger partial charge < -0.3 is 4.98 Å². The van der Waals surface area contributed by atoms with Gasteiger partial charge in [0.25, 0.3) is 5.56 Å². The topological polar surface area (TPSA) is 45.8 Å². The number of nitrogens with one attached hydrogen (secondary N) is 1. The first-order chi connectivity index (χ1) is 10.1. The summed E-state index contributed by atoms with van der Waals surface area (Å²) in [5, 5.41) is 0. The number of aryl methyl sites for hydroxylation is 1. The van der Waals surface area contributed by atoms with Crippen LogP contribution < -0.4 is 5.56 Å². The molecule has 0 spiro atoms. The van der Waals surface area contributed by atoms with Crippen LogP contribution in [0, 0.1) is 12.7 Å². The van der Waals surface area contributed by atoms with E-state index in [1.807, 2.05) is 37.3 Å². The number of rotatable bonds is 2. The molecule has 1 N–H and O–H groups in total. The standard InChI is InChI=1S/C17H13FN2O/c1-11-7-8-13(18)9-14(11)15-10-16(21)20-17(19-15)12-5-3-2-4-6-12/h2-10H,1H3,(H,19,20,21). The highest BCUT2D eigenvalue weighted by molar-refractivity contribution is 5.66. The molecular weight excluding hydrogens is 267 g/mol. The number of nitrogens with zero attached hydrogens (tertiary/aromatic N) is 1. The number of aromatic nitrogens is 2. The number of hydrogen-bond acceptors (Lipinski definition) is 2. The van der Waals surface area contributed by atoms with Crippen LogP contribution in [0.1, 0.15) is 5.56 Å². The van der Waals surface area contributed by atoms with Crippen molar-refractivity contribution in [2.45, 2.75) is 6.92 Å². The quantitative estimate of drug-likeness (QED) is 0.780. The lowest BCUT2D eigenvalue weighted by molar-refractivity contribution is 0.628. The van der Waals surface area contributed by atoms with E-state index in [-0.39, 0.29) is 11.4 Å². The van der Waals surface area contributed by atoms with Gasteiger partial charge in [-0.25, -0.2) is 9.37 Å². The first-order valence-corrected chi connectivity index (χ1v) is 6.57. The summed E-state index contributed by atoms with van der Waals surface area (Å²) in [4.78, 5) is 19.0. The van der Waals surface area contributed by atoms with Crippen LogP contribution in [-0.2, 0) is 0 Å². The Hall–Kier alpha value is -2.75. The maximum Gasteiger partial charge on any atom is 0.251 e. The predicted octanol–water partition coefficient (Wildman–Crippen LogP) is 3.55. The van der Waals surface area contributed by atoms with Gasteiger partial charge in [-0.05, 0) is 24.6 Å². The summed E-state index contributed by atoms with van der Waals surface area (Å²) >= 11 is 0. The Morgan fingerprint density at radius 2 is 1.81 bits per heavy atom. The molecule has 0 aliphatic carbocycles. The van der Waals surface area contributed by atoms with E-state index in [9.17, 15) is 9.18 Å². The summed E-state index contributed by atoms with van der Waals surface area (Å²) in [6.45, 7) is 1.86. The van der Waals surface area contributed by atoms with Crippen molar-refractivity contribution in [3.8, 4) is 22.6 Å². The van der Waals surface area contributed by atoms with Gasteiger partial charge in [0, 0.05) is 17.2 Å². The Balaban J connectivity index is 2.19. The fourth-order valence-electron chi connectivity index (χ4n) is 2.20. The molecule has 1 heterocycles. The second-order valence-electron chi connectivity index (χ2n) is 4.80. The fraction of sp³-hybridized carbons (Fsp3) is 0.0588. The minimum Gasteiger partial charge on any atom is -0.306 e. The zero-order valence-electron chi connectivity index (χ0n) is 11.4. The van der Waals surface area contributed by atoms with Crippen LogP contribution in [-0.4, -0.2) is 9.97 Å². The van der Waals surface area contributed by atoms with E-state index in [1.54, 1.807) is 6.07 Å². The molecule has 0 amide bonds. The Bertz CT molecular complexity index is 841. The Labute approximate surface area is 121 Å². The van der Waals surface area contributed by atoms with Crippen LogP contribution in [0.3, 0.4) is 0 Å². The van der Waals surface area contributed by atoms with Gasteiger partial charge in [-0.2, -0.15) is 0 Å². The third-order valence-electron chi connectivity index (χ3n) is 3.26. The number of halogens is 1. The first-order valence-electron chi connectivity index (χ1n) is 6.57. The molecule has 4 heteroatoms. The van der Waals surface area contributed by atoms with Crippen molar-refractivity contribution in [1.82, 2.24) is 9.97 Å². The lowest BCUT2D eigenvalue weighted by Gasteiger charge is -2.07. The van der Waals surface area contributed by atoms with Crippen LogP contribution in [0.15, 0.2) is 59.4 Å². The second kappa shape index (κ2) is 5.32. The van der Waals surface area contributed by atoms with E-state index in [0.29, 0.717) is 17.1 Å². The van der Waals surface area contributed by atoms with Crippen molar-refractivity contribution in [3.63, 3.8) is 0 Å². The third-order valence-corrected chi connectivity index (χ3v) is 3.26. The molecule has 104 valence electrons.